The molecule has 0 saturated carbocycles. The predicted octanol–water partition coefficient (Wildman–Crippen LogP) is 3.31. The molecule has 0 aromatic heterocycles. The van der Waals surface area contributed by atoms with Gasteiger partial charge in [-0.15, -0.1) is 0 Å². The molecule has 8 atom stereocenters. The molecule has 2 heterocycles. The largest absolute Gasteiger partial charge is 0.479 e. The van der Waals surface area contributed by atoms with Gasteiger partial charge in [-0.2, -0.15) is 0 Å². The second kappa shape index (κ2) is 12.5. The summed E-state index contributed by atoms with van der Waals surface area (Å²) in [6.07, 6.45) is -7.47. The number of carbonyl (C=O) groups is 2. The first-order valence-corrected chi connectivity index (χ1v) is 14.7. The Morgan fingerprint density at radius 3 is 2.26 bits per heavy atom. The quantitative estimate of drug-likeness (QED) is 0.166. The van der Waals surface area contributed by atoms with Crippen LogP contribution >= 0.6 is 22.6 Å². The lowest BCUT2D eigenvalue weighted by molar-refractivity contribution is -0.322. The number of amides is 1. The van der Waals surface area contributed by atoms with E-state index in [2.05, 4.69) is 22.6 Å². The molecule has 0 unspecified atom stereocenters. The second-order valence-electron chi connectivity index (χ2n) is 10.9. The maximum Gasteiger partial charge on any atom is 0.335 e. The van der Waals surface area contributed by atoms with E-state index < -0.39 is 54.0 Å². The molecule has 2 aliphatic rings. The maximum atomic E-state index is 13.4. The van der Waals surface area contributed by atoms with Crippen LogP contribution in [0, 0.1) is 15.3 Å². The van der Waals surface area contributed by atoms with Crippen LogP contribution in [0.2, 0.25) is 0 Å². The fraction of sp³-hybridized carbons (Fsp3) is 0.355. The average molecular weight is 707 g/mol. The third-order valence-corrected chi connectivity index (χ3v) is 8.71. The maximum absolute atomic E-state index is 13.4. The average Bonchev–Trinajstić information content (AvgIpc) is 2.98. The van der Waals surface area contributed by atoms with Crippen molar-refractivity contribution in [3.05, 3.63) is 93.3 Å². The zero-order chi connectivity index (χ0) is 31.1. The highest BCUT2D eigenvalue weighted by molar-refractivity contribution is 14.1. The van der Waals surface area contributed by atoms with Gasteiger partial charge in [-0.1, -0.05) is 24.3 Å². The molecule has 3 aromatic carbocycles. The van der Waals surface area contributed by atoms with Crippen molar-refractivity contribution in [3.63, 3.8) is 0 Å². The van der Waals surface area contributed by atoms with E-state index in [-0.39, 0.29) is 24.1 Å². The number of nitrogens with zero attached hydrogens (tertiary/aromatic N) is 1. The number of carbonyl (C=O) groups excluding carboxylic acids is 1. The van der Waals surface area contributed by atoms with E-state index in [1.165, 1.54) is 31.2 Å². The van der Waals surface area contributed by atoms with Gasteiger partial charge in [0.05, 0.1) is 18.1 Å². The SMILES string of the molecule is C[C@@]1(Oc2ccc([C@@H]3[C@@H](CC[C@H](O)c4ccc(F)cc4)C(=O)N3c3ccc(I)cc3)cc2)O[C@H](C(=O)O)[C@@H](O)[C@H](O)[C@H]1O. The molecule has 10 nitrogen and oxygen atoms in total. The van der Waals surface area contributed by atoms with Crippen molar-refractivity contribution in [2.24, 2.45) is 5.92 Å². The molecule has 2 saturated heterocycles. The third-order valence-electron chi connectivity index (χ3n) is 7.99. The van der Waals surface area contributed by atoms with Gasteiger partial charge in [0, 0.05) is 16.2 Å². The molecular formula is C31H31FINO9. The molecule has 0 bridgehead atoms. The monoisotopic (exact) mass is 707 g/mol. The Morgan fingerprint density at radius 2 is 1.65 bits per heavy atom. The second-order valence-corrected chi connectivity index (χ2v) is 12.1. The minimum Gasteiger partial charge on any atom is -0.479 e. The van der Waals surface area contributed by atoms with E-state index in [1.807, 2.05) is 24.3 Å². The van der Waals surface area contributed by atoms with Crippen LogP contribution in [0.4, 0.5) is 10.1 Å². The molecule has 228 valence electrons. The molecule has 2 aliphatic heterocycles. The molecule has 5 N–H and O–H groups in total. The summed E-state index contributed by atoms with van der Waals surface area (Å²) in [7, 11) is 0. The Kier molecular flexibility index (Phi) is 9.07. The molecular weight excluding hydrogens is 676 g/mol. The van der Waals surface area contributed by atoms with E-state index in [0.29, 0.717) is 17.7 Å². The number of hydrogen-bond acceptors (Lipinski definition) is 8. The first-order chi connectivity index (χ1) is 20.4. The Balaban J connectivity index is 1.36. The summed E-state index contributed by atoms with van der Waals surface area (Å²) in [5, 5.41) is 50.8. The van der Waals surface area contributed by atoms with Crippen LogP contribution in [0.3, 0.4) is 0 Å². The van der Waals surface area contributed by atoms with Crippen LogP contribution < -0.4 is 9.64 Å². The third kappa shape index (κ3) is 6.26. The summed E-state index contributed by atoms with van der Waals surface area (Å²) in [6, 6.07) is 19.3. The lowest BCUT2D eigenvalue weighted by atomic mass is 9.78. The number of aliphatic hydroxyl groups is 4. The standard InChI is InChI=1S/C31H31FINO9/c1-31(28(38)26(37)25(36)27(43-31)30(40)41)42-21-12-4-17(5-13-21)24-22(14-15-23(35)16-2-6-18(32)7-3-16)29(39)34(24)20-10-8-19(33)9-11-20/h2-13,22-28,35-38H,14-15H2,1H3,(H,40,41)/t22-,23+,24-,25+,26+,27+,28-,31-/m1/s1. The van der Waals surface area contributed by atoms with Crippen LogP contribution in [0.15, 0.2) is 72.8 Å². The van der Waals surface area contributed by atoms with Gasteiger partial charge in [-0.25, -0.2) is 9.18 Å². The zero-order valence-corrected chi connectivity index (χ0v) is 25.1. The van der Waals surface area contributed by atoms with Crippen molar-refractivity contribution >= 4 is 40.2 Å². The topological polar surface area (TPSA) is 157 Å². The number of β-lactam (4-membered cyclic amide) rings is 1. The van der Waals surface area contributed by atoms with Crippen molar-refractivity contribution < 1.29 is 49.0 Å². The fourth-order valence-electron chi connectivity index (χ4n) is 5.61. The summed E-state index contributed by atoms with van der Waals surface area (Å²) in [6.45, 7) is 1.27. The Morgan fingerprint density at radius 1 is 1.02 bits per heavy atom. The number of halogens is 2. The lowest BCUT2D eigenvalue weighted by Gasteiger charge is -2.48. The summed E-state index contributed by atoms with van der Waals surface area (Å²) >= 11 is 2.18. The van der Waals surface area contributed by atoms with Crippen molar-refractivity contribution in [3.8, 4) is 5.75 Å². The predicted molar refractivity (Wildman–Crippen MR) is 159 cm³/mol. The van der Waals surface area contributed by atoms with E-state index in [0.717, 1.165) is 9.13 Å². The van der Waals surface area contributed by atoms with E-state index in [1.54, 1.807) is 29.2 Å². The van der Waals surface area contributed by atoms with Crippen molar-refractivity contribution in [2.45, 2.75) is 62.1 Å². The van der Waals surface area contributed by atoms with Crippen LogP contribution in [-0.4, -0.2) is 67.6 Å². The summed E-state index contributed by atoms with van der Waals surface area (Å²) < 4.78 is 25.5. The van der Waals surface area contributed by atoms with Crippen LogP contribution in [-0.2, 0) is 14.3 Å². The highest BCUT2D eigenvalue weighted by Crippen LogP contribution is 2.47. The van der Waals surface area contributed by atoms with Gasteiger partial charge in [-0.3, -0.25) is 4.79 Å². The molecule has 12 heteroatoms. The Hall–Kier alpha value is -3.14. The fourth-order valence-corrected chi connectivity index (χ4v) is 5.97. The molecule has 1 amide bonds. The lowest BCUT2D eigenvalue weighted by Crippen LogP contribution is -2.66. The van der Waals surface area contributed by atoms with Gasteiger partial charge in [0.15, 0.2) is 6.10 Å². The van der Waals surface area contributed by atoms with Crippen molar-refractivity contribution in [1.82, 2.24) is 0 Å². The van der Waals surface area contributed by atoms with Crippen molar-refractivity contribution in [1.29, 1.82) is 0 Å². The Labute approximate surface area is 260 Å². The molecule has 2 fully saturated rings. The van der Waals surface area contributed by atoms with Gasteiger partial charge >= 0.3 is 5.97 Å². The van der Waals surface area contributed by atoms with Crippen molar-refractivity contribution in [2.75, 3.05) is 4.90 Å². The molecule has 3 aromatic rings. The van der Waals surface area contributed by atoms with Crippen LogP contribution in [0.5, 0.6) is 5.75 Å². The number of benzene rings is 3. The highest BCUT2D eigenvalue weighted by Gasteiger charge is 2.55. The first-order valence-electron chi connectivity index (χ1n) is 13.7. The van der Waals surface area contributed by atoms with E-state index in [9.17, 15) is 39.5 Å². The van der Waals surface area contributed by atoms with Crippen LogP contribution in [0.1, 0.15) is 43.0 Å². The van der Waals surface area contributed by atoms with Gasteiger partial charge < -0.3 is 39.9 Å². The first kappa shape index (κ1) is 31.3. The summed E-state index contributed by atoms with van der Waals surface area (Å²) in [4.78, 5) is 26.6. The summed E-state index contributed by atoms with van der Waals surface area (Å²) in [5.74, 6) is -4.27. The number of ether oxygens (including phenoxy) is 2. The Bertz CT molecular complexity index is 1460. The molecule has 5 rings (SSSR count). The van der Waals surface area contributed by atoms with Crippen LogP contribution in [0.25, 0.3) is 0 Å². The van der Waals surface area contributed by atoms with Gasteiger partial charge in [-0.05, 0) is 95.1 Å². The smallest absolute Gasteiger partial charge is 0.335 e. The number of hydrogen-bond donors (Lipinski definition) is 5. The van der Waals surface area contributed by atoms with E-state index in [4.69, 9.17) is 9.47 Å². The van der Waals surface area contributed by atoms with Gasteiger partial charge in [0.25, 0.3) is 0 Å². The number of aliphatic carboxylic acids is 1. The normalized spacial score (nSPS) is 29.6. The number of rotatable bonds is 9. The minimum absolute atomic E-state index is 0.101. The minimum atomic E-state index is -1.98. The molecule has 43 heavy (non-hydrogen) atoms. The van der Waals surface area contributed by atoms with E-state index >= 15 is 0 Å². The molecule has 0 spiro atoms. The van der Waals surface area contributed by atoms with Gasteiger partial charge in [0.1, 0.15) is 29.9 Å². The summed E-state index contributed by atoms with van der Waals surface area (Å²) in [5.41, 5.74) is 2.04. The zero-order valence-electron chi connectivity index (χ0n) is 23.0. The highest BCUT2D eigenvalue weighted by atomic mass is 127. The molecule has 0 aliphatic carbocycles. The molecule has 0 radical (unpaired) electrons. The number of carboxylic acid groups (broad SMARTS) is 1. The number of carboxylic acids is 1. The number of anilines is 1. The number of aliphatic hydroxyl groups excluding tert-OH is 4. The van der Waals surface area contributed by atoms with Gasteiger partial charge in [0.2, 0.25) is 11.7 Å².